The minimum Gasteiger partial charge on any atom is -0.426 e. The Balaban J connectivity index is 2.02. The van der Waals surface area contributed by atoms with Crippen molar-refractivity contribution in [1.29, 1.82) is 0 Å². The Labute approximate surface area is 138 Å². The van der Waals surface area contributed by atoms with Crippen LogP contribution in [0.2, 0.25) is 0 Å². The van der Waals surface area contributed by atoms with Crippen LogP contribution in [0.1, 0.15) is 40.5 Å². The molecule has 0 aliphatic rings. The normalized spacial score (nSPS) is 9.88. The Morgan fingerprint density at radius 1 is 0.833 bits per heavy atom. The summed E-state index contributed by atoms with van der Waals surface area (Å²) in [6.07, 6.45) is 0.854. The molecule has 0 amide bonds. The smallest absolute Gasteiger partial charge is 0.390 e. The van der Waals surface area contributed by atoms with E-state index >= 15 is 0 Å². The van der Waals surface area contributed by atoms with Gasteiger partial charge < -0.3 is 4.74 Å². The van der Waals surface area contributed by atoms with E-state index in [-0.39, 0.29) is 23.3 Å². The van der Waals surface area contributed by atoms with Crippen LogP contribution in [0.5, 0.6) is 5.75 Å². The summed E-state index contributed by atoms with van der Waals surface area (Å²) in [5.74, 6) is -2.14. The largest absolute Gasteiger partial charge is 0.426 e. The van der Waals surface area contributed by atoms with Crippen LogP contribution in [0.25, 0.3) is 0 Å². The Kier molecular flexibility index (Phi) is 6.08. The second kappa shape index (κ2) is 8.47. The van der Waals surface area contributed by atoms with Crippen molar-refractivity contribution in [2.75, 3.05) is 0 Å². The summed E-state index contributed by atoms with van der Waals surface area (Å²) in [6, 6.07) is 14.2. The van der Waals surface area contributed by atoms with Gasteiger partial charge in [-0.3, -0.25) is 4.79 Å². The Morgan fingerprint density at radius 3 is 2.17 bits per heavy atom. The summed E-state index contributed by atoms with van der Waals surface area (Å²) in [5.41, 5.74) is 0.232. The molecule has 0 aromatic heterocycles. The fraction of sp³-hybridized carbons (Fsp3) is 0.167. The lowest BCUT2D eigenvalue weighted by Crippen LogP contribution is -2.14. The topological polar surface area (TPSA) is 78.9 Å². The van der Waals surface area contributed by atoms with Crippen molar-refractivity contribution >= 4 is 17.9 Å². The maximum Gasteiger partial charge on any atom is 0.390 e. The molecule has 6 heteroatoms. The first-order valence-corrected chi connectivity index (χ1v) is 7.39. The van der Waals surface area contributed by atoms with Gasteiger partial charge in [0.2, 0.25) is 0 Å². The molecule has 0 saturated heterocycles. The fourth-order valence-electron chi connectivity index (χ4n) is 1.84. The Bertz CT molecular complexity index is 723. The third-order valence-corrected chi connectivity index (χ3v) is 2.99. The van der Waals surface area contributed by atoms with Crippen LogP contribution in [0.4, 0.5) is 0 Å². The molecule has 124 valence electrons. The number of hydrogen-bond acceptors (Lipinski definition) is 6. The number of rotatable bonds is 5. The Hall–Kier alpha value is -3.15. The van der Waals surface area contributed by atoms with Gasteiger partial charge in [0, 0.05) is 6.42 Å². The van der Waals surface area contributed by atoms with Gasteiger partial charge in [0.1, 0.15) is 11.3 Å². The van der Waals surface area contributed by atoms with Crippen LogP contribution >= 0.6 is 0 Å². The molecule has 0 unspecified atom stereocenters. The minimum absolute atomic E-state index is 0.0113. The summed E-state index contributed by atoms with van der Waals surface area (Å²) in [4.78, 5) is 44.4. The first-order chi connectivity index (χ1) is 11.6. The lowest BCUT2D eigenvalue weighted by molar-refractivity contribution is -0.187. The second-order valence-corrected chi connectivity index (χ2v) is 4.83. The van der Waals surface area contributed by atoms with Crippen molar-refractivity contribution in [1.82, 2.24) is 0 Å². The van der Waals surface area contributed by atoms with E-state index in [4.69, 9.17) is 4.74 Å². The summed E-state index contributed by atoms with van der Waals surface area (Å²) in [7, 11) is 0. The molecule has 0 heterocycles. The van der Waals surface area contributed by atoms with Gasteiger partial charge in [-0.25, -0.2) is 19.4 Å². The SMILES string of the molecule is CCCC(=O)Oc1ccccc1C(=O)OOC(=O)c1ccccc1. The molecule has 0 radical (unpaired) electrons. The van der Waals surface area contributed by atoms with Crippen molar-refractivity contribution in [3.63, 3.8) is 0 Å². The molecule has 2 aromatic rings. The van der Waals surface area contributed by atoms with E-state index in [0.29, 0.717) is 6.42 Å². The highest BCUT2D eigenvalue weighted by Crippen LogP contribution is 2.20. The van der Waals surface area contributed by atoms with E-state index in [1.54, 1.807) is 30.3 Å². The third kappa shape index (κ3) is 4.67. The second-order valence-electron chi connectivity index (χ2n) is 4.83. The van der Waals surface area contributed by atoms with Crippen molar-refractivity contribution < 1.29 is 28.9 Å². The molecule has 0 fully saturated rings. The minimum atomic E-state index is -0.931. The van der Waals surface area contributed by atoms with Crippen molar-refractivity contribution in [3.05, 3.63) is 65.7 Å². The molecule has 2 rings (SSSR count). The molecule has 0 aliphatic carbocycles. The number of ether oxygens (including phenoxy) is 1. The summed E-state index contributed by atoms with van der Waals surface area (Å²) in [6.45, 7) is 1.84. The zero-order valence-corrected chi connectivity index (χ0v) is 13.1. The lowest BCUT2D eigenvalue weighted by atomic mass is 10.2. The maximum absolute atomic E-state index is 12.0. The van der Waals surface area contributed by atoms with Gasteiger partial charge in [0.05, 0.1) is 5.56 Å². The summed E-state index contributed by atoms with van der Waals surface area (Å²) in [5, 5.41) is 0. The number of carbonyl (C=O) groups excluding carboxylic acids is 3. The molecule has 24 heavy (non-hydrogen) atoms. The van der Waals surface area contributed by atoms with E-state index in [2.05, 4.69) is 9.78 Å². The maximum atomic E-state index is 12.0. The van der Waals surface area contributed by atoms with E-state index in [1.807, 2.05) is 6.92 Å². The number of carbonyl (C=O) groups is 3. The molecule has 0 aliphatic heterocycles. The zero-order chi connectivity index (χ0) is 17.4. The lowest BCUT2D eigenvalue weighted by Gasteiger charge is -2.08. The highest BCUT2D eigenvalue weighted by Gasteiger charge is 2.19. The van der Waals surface area contributed by atoms with Gasteiger partial charge in [-0.15, -0.1) is 0 Å². The van der Waals surface area contributed by atoms with Crippen molar-refractivity contribution in [2.45, 2.75) is 19.8 Å². The van der Waals surface area contributed by atoms with Crippen molar-refractivity contribution in [2.24, 2.45) is 0 Å². The molecular weight excluding hydrogens is 312 g/mol. The van der Waals surface area contributed by atoms with Crippen LogP contribution in [-0.2, 0) is 14.6 Å². The number of para-hydroxylation sites is 1. The van der Waals surface area contributed by atoms with Gasteiger partial charge in [-0.05, 0) is 30.7 Å². The summed E-state index contributed by atoms with van der Waals surface area (Å²) < 4.78 is 5.12. The molecule has 0 saturated carbocycles. The predicted octanol–water partition coefficient (Wildman–Crippen LogP) is 3.32. The number of esters is 1. The van der Waals surface area contributed by atoms with Crippen LogP contribution < -0.4 is 4.74 Å². The quantitative estimate of drug-likeness (QED) is 0.362. The van der Waals surface area contributed by atoms with Gasteiger partial charge >= 0.3 is 17.9 Å². The first kappa shape index (κ1) is 17.2. The Morgan fingerprint density at radius 2 is 1.46 bits per heavy atom. The molecule has 0 N–H and O–H groups in total. The monoisotopic (exact) mass is 328 g/mol. The first-order valence-electron chi connectivity index (χ1n) is 7.39. The summed E-state index contributed by atoms with van der Waals surface area (Å²) >= 11 is 0. The van der Waals surface area contributed by atoms with E-state index in [0.717, 1.165) is 0 Å². The van der Waals surface area contributed by atoms with E-state index < -0.39 is 17.9 Å². The van der Waals surface area contributed by atoms with Gasteiger partial charge in [0.25, 0.3) is 0 Å². The van der Waals surface area contributed by atoms with Crippen LogP contribution in [0.3, 0.4) is 0 Å². The third-order valence-electron chi connectivity index (χ3n) is 2.99. The van der Waals surface area contributed by atoms with Crippen molar-refractivity contribution in [3.8, 4) is 5.75 Å². The van der Waals surface area contributed by atoms with Gasteiger partial charge in [-0.2, -0.15) is 0 Å². The van der Waals surface area contributed by atoms with Crippen LogP contribution in [0, 0.1) is 0 Å². The number of benzene rings is 2. The van der Waals surface area contributed by atoms with E-state index in [1.165, 1.54) is 24.3 Å². The molecule has 0 spiro atoms. The average molecular weight is 328 g/mol. The molecule has 2 aromatic carbocycles. The fourth-order valence-corrected chi connectivity index (χ4v) is 1.84. The molecular formula is C18H16O6. The average Bonchev–Trinajstić information content (AvgIpc) is 2.60. The van der Waals surface area contributed by atoms with Gasteiger partial charge in [-0.1, -0.05) is 37.3 Å². The highest BCUT2D eigenvalue weighted by molar-refractivity contribution is 5.94. The predicted molar refractivity (Wildman–Crippen MR) is 84.3 cm³/mol. The standard InChI is InChI=1S/C18H16O6/c1-2-8-16(19)22-15-12-7-6-11-14(15)18(21)24-23-17(20)13-9-4-3-5-10-13/h3-7,9-12H,2,8H2,1H3. The molecule has 6 nitrogen and oxygen atoms in total. The highest BCUT2D eigenvalue weighted by atomic mass is 17.2. The van der Waals surface area contributed by atoms with Gasteiger partial charge in [0.15, 0.2) is 0 Å². The van der Waals surface area contributed by atoms with Crippen LogP contribution in [-0.4, -0.2) is 17.9 Å². The molecule has 0 atom stereocenters. The zero-order valence-electron chi connectivity index (χ0n) is 13.1. The van der Waals surface area contributed by atoms with Crippen LogP contribution in [0.15, 0.2) is 54.6 Å². The van der Waals surface area contributed by atoms with E-state index in [9.17, 15) is 14.4 Å². The number of hydrogen-bond donors (Lipinski definition) is 0. The molecule has 0 bridgehead atoms.